The molecule has 0 fully saturated rings. The second-order valence-electron chi connectivity index (χ2n) is 5.63. The van der Waals surface area contributed by atoms with Crippen LogP contribution in [0, 0.1) is 0 Å². The van der Waals surface area contributed by atoms with Gasteiger partial charge in [0.1, 0.15) is 5.82 Å². The number of hydrogen-bond acceptors (Lipinski definition) is 8. The normalized spacial score (nSPS) is 13.9. The van der Waals surface area contributed by atoms with Crippen molar-refractivity contribution in [2.24, 2.45) is 5.14 Å². The molecular formula is C15H21BrN6O3S. The zero-order valence-electron chi connectivity index (χ0n) is 14.5. The van der Waals surface area contributed by atoms with Crippen LogP contribution in [-0.4, -0.2) is 37.6 Å². The van der Waals surface area contributed by atoms with E-state index in [0.29, 0.717) is 21.9 Å². The summed E-state index contributed by atoms with van der Waals surface area (Å²) >= 11 is 3.42. The van der Waals surface area contributed by atoms with Crippen LogP contribution in [0.25, 0.3) is 0 Å². The average Bonchev–Trinajstić information content (AvgIpc) is 2.57. The summed E-state index contributed by atoms with van der Waals surface area (Å²) in [6.45, 7) is 3.97. The summed E-state index contributed by atoms with van der Waals surface area (Å²) in [5, 5.41) is 11.4. The van der Waals surface area contributed by atoms with Crippen molar-refractivity contribution in [1.82, 2.24) is 15.4 Å². The minimum atomic E-state index is -3.72. The molecule has 2 atom stereocenters. The number of aromatic nitrogens is 2. The number of nitrogens with one attached hydrogen (secondary N) is 3. The molecule has 26 heavy (non-hydrogen) atoms. The van der Waals surface area contributed by atoms with E-state index in [1.165, 1.54) is 12.1 Å². The monoisotopic (exact) mass is 444 g/mol. The molecule has 0 saturated carbocycles. The fourth-order valence-corrected chi connectivity index (χ4v) is 2.84. The third-order valence-corrected chi connectivity index (χ3v) is 5.11. The summed E-state index contributed by atoms with van der Waals surface area (Å²) in [6, 6.07) is 6.08. The molecule has 2 unspecified atom stereocenters. The molecule has 5 N–H and O–H groups in total. The third kappa shape index (κ3) is 5.61. The molecule has 1 heterocycles. The second-order valence-corrected chi connectivity index (χ2v) is 8.04. The summed E-state index contributed by atoms with van der Waals surface area (Å²) in [4.78, 5) is 13.6. The molecule has 0 aliphatic rings. The molecular weight excluding hydrogens is 424 g/mol. The van der Waals surface area contributed by atoms with E-state index in [1.54, 1.807) is 25.4 Å². The first-order valence-electron chi connectivity index (χ1n) is 7.68. The van der Waals surface area contributed by atoms with E-state index in [9.17, 15) is 8.42 Å². The van der Waals surface area contributed by atoms with Crippen LogP contribution < -0.4 is 21.3 Å². The lowest BCUT2D eigenvalue weighted by Gasteiger charge is -2.22. The Morgan fingerprint density at radius 1 is 1.19 bits per heavy atom. The van der Waals surface area contributed by atoms with Crippen LogP contribution >= 0.6 is 15.9 Å². The number of benzene rings is 1. The lowest BCUT2D eigenvalue weighted by Crippen LogP contribution is -2.39. The molecule has 11 heteroatoms. The van der Waals surface area contributed by atoms with Gasteiger partial charge in [0.15, 0.2) is 0 Å². The van der Waals surface area contributed by atoms with Gasteiger partial charge >= 0.3 is 0 Å². The van der Waals surface area contributed by atoms with E-state index in [4.69, 9.17) is 9.98 Å². The Balaban J connectivity index is 2.13. The van der Waals surface area contributed by atoms with Crippen LogP contribution in [0.1, 0.15) is 13.8 Å². The predicted octanol–water partition coefficient (Wildman–Crippen LogP) is 1.97. The molecule has 142 valence electrons. The second kappa shape index (κ2) is 8.73. The Bertz CT molecular complexity index is 847. The first-order valence-corrected chi connectivity index (χ1v) is 10.0. The number of nitrogens with two attached hydrogens (primary N) is 1. The SMILES string of the molecule is CONC(C)C(C)Nc1nc(Nc2ccc(S(N)(=O)=O)cc2)ncc1Br. The zero-order valence-corrected chi connectivity index (χ0v) is 16.9. The highest BCUT2D eigenvalue weighted by atomic mass is 79.9. The number of halogens is 1. The van der Waals surface area contributed by atoms with Gasteiger partial charge in [-0.15, -0.1) is 0 Å². The van der Waals surface area contributed by atoms with Gasteiger partial charge < -0.3 is 15.5 Å². The number of anilines is 3. The molecule has 9 nitrogen and oxygen atoms in total. The summed E-state index contributed by atoms with van der Waals surface area (Å²) < 4.78 is 23.3. The fourth-order valence-electron chi connectivity index (χ4n) is 2.01. The van der Waals surface area contributed by atoms with Gasteiger partial charge in [0.05, 0.1) is 16.5 Å². The maximum atomic E-state index is 11.3. The lowest BCUT2D eigenvalue weighted by atomic mass is 10.2. The number of hydrogen-bond donors (Lipinski definition) is 4. The van der Waals surface area contributed by atoms with E-state index in [0.717, 1.165) is 0 Å². The summed E-state index contributed by atoms with van der Waals surface area (Å²) in [7, 11) is -2.16. The van der Waals surface area contributed by atoms with Crippen LogP contribution in [0.2, 0.25) is 0 Å². The average molecular weight is 445 g/mol. The summed E-state index contributed by atoms with van der Waals surface area (Å²) in [6.07, 6.45) is 1.62. The highest BCUT2D eigenvalue weighted by molar-refractivity contribution is 9.10. The summed E-state index contributed by atoms with van der Waals surface area (Å²) in [5.74, 6) is 0.972. The van der Waals surface area contributed by atoms with Gasteiger partial charge in [0, 0.05) is 24.0 Å². The molecule has 0 bridgehead atoms. The van der Waals surface area contributed by atoms with Gasteiger partial charge in [-0.1, -0.05) is 0 Å². The number of nitrogens with zero attached hydrogens (tertiary/aromatic N) is 2. The van der Waals surface area contributed by atoms with Gasteiger partial charge in [0.25, 0.3) is 0 Å². The molecule has 0 aliphatic heterocycles. The third-order valence-electron chi connectivity index (χ3n) is 3.60. The molecule has 1 aromatic carbocycles. The standard InChI is InChI=1S/C15H21BrN6O3S/c1-9(10(2)22-25-3)19-14-13(16)8-18-15(21-14)20-11-4-6-12(7-5-11)26(17,23)24/h4-10,22H,1-3H3,(H2,17,23,24)(H2,18,19,20,21). The molecule has 0 aliphatic carbocycles. The molecule has 0 saturated heterocycles. The Kier molecular flexibility index (Phi) is 6.89. The first-order chi connectivity index (χ1) is 12.2. The smallest absolute Gasteiger partial charge is 0.238 e. The largest absolute Gasteiger partial charge is 0.365 e. The highest BCUT2D eigenvalue weighted by Crippen LogP contribution is 2.23. The maximum Gasteiger partial charge on any atom is 0.238 e. The van der Waals surface area contributed by atoms with Gasteiger partial charge in [-0.05, 0) is 54.0 Å². The Morgan fingerprint density at radius 2 is 1.85 bits per heavy atom. The number of sulfonamides is 1. The van der Waals surface area contributed by atoms with Crippen molar-refractivity contribution < 1.29 is 13.3 Å². The van der Waals surface area contributed by atoms with Crippen molar-refractivity contribution in [2.75, 3.05) is 17.7 Å². The molecule has 2 rings (SSSR count). The Morgan fingerprint density at radius 3 is 2.42 bits per heavy atom. The molecule has 1 aromatic heterocycles. The van der Waals surface area contributed by atoms with E-state index >= 15 is 0 Å². The van der Waals surface area contributed by atoms with Crippen molar-refractivity contribution in [3.8, 4) is 0 Å². The topological polar surface area (TPSA) is 131 Å². The molecule has 0 amide bonds. The minimum Gasteiger partial charge on any atom is -0.365 e. The van der Waals surface area contributed by atoms with E-state index < -0.39 is 10.0 Å². The van der Waals surface area contributed by atoms with Crippen molar-refractivity contribution in [1.29, 1.82) is 0 Å². The van der Waals surface area contributed by atoms with Gasteiger partial charge in [-0.2, -0.15) is 10.5 Å². The lowest BCUT2D eigenvalue weighted by molar-refractivity contribution is 0.0619. The fraction of sp³-hybridized carbons (Fsp3) is 0.333. The first kappa shape index (κ1) is 20.5. The maximum absolute atomic E-state index is 11.3. The van der Waals surface area contributed by atoms with Crippen molar-refractivity contribution in [3.63, 3.8) is 0 Å². The van der Waals surface area contributed by atoms with Gasteiger partial charge in [0.2, 0.25) is 16.0 Å². The molecule has 0 radical (unpaired) electrons. The van der Waals surface area contributed by atoms with Crippen molar-refractivity contribution in [2.45, 2.75) is 30.8 Å². The molecule has 2 aromatic rings. The Hall–Kier alpha value is -1.79. The minimum absolute atomic E-state index is 0.0306. The quantitative estimate of drug-likeness (QED) is 0.454. The van der Waals surface area contributed by atoms with E-state index in [-0.39, 0.29) is 17.0 Å². The van der Waals surface area contributed by atoms with E-state index in [2.05, 4.69) is 42.0 Å². The van der Waals surface area contributed by atoms with Crippen molar-refractivity contribution in [3.05, 3.63) is 34.9 Å². The summed E-state index contributed by atoms with van der Waals surface area (Å²) in [5.41, 5.74) is 3.49. The molecule has 0 spiro atoms. The predicted molar refractivity (Wildman–Crippen MR) is 104 cm³/mol. The van der Waals surface area contributed by atoms with Crippen LogP contribution in [-0.2, 0) is 14.9 Å². The van der Waals surface area contributed by atoms with Crippen LogP contribution in [0.5, 0.6) is 0 Å². The van der Waals surface area contributed by atoms with Crippen LogP contribution in [0.3, 0.4) is 0 Å². The van der Waals surface area contributed by atoms with Crippen molar-refractivity contribution >= 4 is 43.4 Å². The Labute approximate surface area is 160 Å². The van der Waals surface area contributed by atoms with E-state index in [1.807, 2.05) is 13.8 Å². The number of rotatable bonds is 8. The zero-order chi connectivity index (χ0) is 19.3. The van der Waals surface area contributed by atoms with Crippen LogP contribution in [0.15, 0.2) is 39.8 Å². The van der Waals surface area contributed by atoms with Gasteiger partial charge in [-0.3, -0.25) is 0 Å². The van der Waals surface area contributed by atoms with Crippen LogP contribution in [0.4, 0.5) is 17.5 Å². The highest BCUT2D eigenvalue weighted by Gasteiger charge is 2.15. The number of primary sulfonamides is 1. The van der Waals surface area contributed by atoms with Gasteiger partial charge in [-0.25, -0.2) is 18.5 Å². The number of hydroxylamine groups is 1.